The average molecular weight is 527 g/mol. The van der Waals surface area contributed by atoms with E-state index in [1.807, 2.05) is 13.8 Å². The number of sulfonamides is 1. The van der Waals surface area contributed by atoms with Crippen molar-refractivity contribution >= 4 is 28.3 Å². The van der Waals surface area contributed by atoms with Gasteiger partial charge in [-0.25, -0.2) is 18.1 Å². The lowest BCUT2D eigenvalue weighted by atomic mass is 10.1. The Labute approximate surface area is 213 Å². The van der Waals surface area contributed by atoms with Crippen molar-refractivity contribution < 1.29 is 17.9 Å². The molecule has 2 aromatic rings. The van der Waals surface area contributed by atoms with Crippen molar-refractivity contribution in [2.45, 2.75) is 51.6 Å². The Morgan fingerprint density at radius 1 is 1.14 bits per heavy atom. The van der Waals surface area contributed by atoms with Gasteiger partial charge in [-0.2, -0.15) is 4.31 Å². The second-order valence-corrected chi connectivity index (χ2v) is 10.5. The molecule has 2 N–H and O–H groups in total. The topological polar surface area (TPSA) is 109 Å². The van der Waals surface area contributed by atoms with Crippen LogP contribution in [-0.2, 0) is 16.4 Å². The molecule has 0 saturated carbocycles. The lowest BCUT2D eigenvalue weighted by Crippen LogP contribution is -2.48. The highest BCUT2D eigenvalue weighted by atomic mass is 35.5. The maximum Gasteiger partial charge on any atom is 0.273 e. The van der Waals surface area contributed by atoms with E-state index in [0.29, 0.717) is 61.9 Å². The molecule has 1 aromatic heterocycles. The van der Waals surface area contributed by atoms with Gasteiger partial charge in [0.1, 0.15) is 17.7 Å². The highest BCUT2D eigenvalue weighted by molar-refractivity contribution is 7.89. The number of carbonyl (C=O) groups is 1. The number of piperazine rings is 1. The smallest absolute Gasteiger partial charge is 0.273 e. The van der Waals surface area contributed by atoms with E-state index in [-0.39, 0.29) is 23.2 Å². The van der Waals surface area contributed by atoms with Gasteiger partial charge in [0.25, 0.3) is 5.91 Å². The Balaban J connectivity index is 0.00000342. The van der Waals surface area contributed by atoms with Crippen LogP contribution in [0, 0.1) is 6.92 Å². The number of amides is 1. The number of halogens is 1. The van der Waals surface area contributed by atoms with Gasteiger partial charge in [-0.15, -0.1) is 12.4 Å². The van der Waals surface area contributed by atoms with Crippen molar-refractivity contribution in [1.29, 1.82) is 0 Å². The van der Waals surface area contributed by atoms with Crippen LogP contribution >= 0.6 is 12.4 Å². The fraction of sp³-hybridized carbons (Fsp3) is 0.565. The monoisotopic (exact) mass is 526 g/mol. The summed E-state index contributed by atoms with van der Waals surface area (Å²) in [5.74, 6) is 1.03. The van der Waals surface area contributed by atoms with E-state index in [4.69, 9.17) is 4.74 Å². The molecule has 35 heavy (non-hydrogen) atoms. The molecule has 2 aliphatic rings. The van der Waals surface area contributed by atoms with Gasteiger partial charge in [0, 0.05) is 38.2 Å². The van der Waals surface area contributed by atoms with Crippen molar-refractivity contribution in [3.8, 4) is 5.75 Å². The van der Waals surface area contributed by atoms with Gasteiger partial charge in [0.15, 0.2) is 5.69 Å². The number of fused-ring (bicyclic) bond motifs is 1. The van der Waals surface area contributed by atoms with Crippen LogP contribution in [0.1, 0.15) is 60.9 Å². The van der Waals surface area contributed by atoms with Crippen molar-refractivity contribution in [1.82, 2.24) is 24.2 Å². The number of imidazole rings is 1. The van der Waals surface area contributed by atoms with E-state index in [2.05, 4.69) is 34.5 Å². The van der Waals surface area contributed by atoms with E-state index < -0.39 is 16.2 Å². The number of carbonyl (C=O) groups excluding carboxylic acids is 1. The number of aryl methyl sites for hydroxylation is 2. The van der Waals surface area contributed by atoms with Crippen LogP contribution in [-0.4, -0.2) is 72.5 Å². The van der Waals surface area contributed by atoms with Crippen LogP contribution in [0.4, 0.5) is 0 Å². The summed E-state index contributed by atoms with van der Waals surface area (Å²) in [5, 5.41) is 2.95. The van der Waals surface area contributed by atoms with Gasteiger partial charge in [0.05, 0.1) is 17.2 Å². The molecule has 2 aliphatic heterocycles. The third-order valence-electron chi connectivity index (χ3n) is 6.35. The Hall–Kier alpha value is -2.34. The lowest BCUT2D eigenvalue weighted by molar-refractivity contribution is 0.0913. The van der Waals surface area contributed by atoms with Gasteiger partial charge in [-0.05, 0) is 45.0 Å². The summed E-state index contributed by atoms with van der Waals surface area (Å²) in [6.07, 6.45) is 0.926. The van der Waals surface area contributed by atoms with E-state index in [9.17, 15) is 13.2 Å². The molecule has 10 nitrogen and oxygen atoms in total. The molecule has 1 saturated heterocycles. The van der Waals surface area contributed by atoms with Crippen molar-refractivity contribution in [3.63, 3.8) is 0 Å². The molecule has 1 fully saturated rings. The molecule has 1 amide bonds. The number of ether oxygens (including phenoxy) is 1. The molecular weight excluding hydrogens is 492 g/mol. The van der Waals surface area contributed by atoms with Crippen molar-refractivity contribution in [2.75, 3.05) is 44.8 Å². The molecule has 1 atom stereocenters. The summed E-state index contributed by atoms with van der Waals surface area (Å²) in [6, 6.07) is 4.86. The molecule has 3 heterocycles. The quantitative estimate of drug-likeness (QED) is 0.543. The van der Waals surface area contributed by atoms with E-state index in [1.165, 1.54) is 4.31 Å². The minimum Gasteiger partial charge on any atom is -0.493 e. The first kappa shape index (κ1) is 27.3. The van der Waals surface area contributed by atoms with Gasteiger partial charge >= 0.3 is 0 Å². The zero-order valence-electron chi connectivity index (χ0n) is 20.7. The largest absolute Gasteiger partial charge is 0.493 e. The molecular formula is C23H35ClN6O4S. The Morgan fingerprint density at radius 3 is 2.49 bits per heavy atom. The number of hydrogen-bond acceptors (Lipinski definition) is 7. The number of hydrogen-bond donors (Lipinski definition) is 2. The summed E-state index contributed by atoms with van der Waals surface area (Å²) in [4.78, 5) is 20.0. The molecule has 0 aliphatic carbocycles. The maximum absolute atomic E-state index is 13.4. The minimum absolute atomic E-state index is 0. The summed E-state index contributed by atoms with van der Waals surface area (Å²) < 4.78 is 35.9. The summed E-state index contributed by atoms with van der Waals surface area (Å²) >= 11 is 0. The number of likely N-dealkylation sites (N-methyl/N-ethyl adjacent to an activating group) is 1. The normalized spacial score (nSPS) is 18.9. The predicted octanol–water partition coefficient (Wildman–Crippen LogP) is 2.28. The number of benzene rings is 1. The number of aromatic nitrogens is 2. The van der Waals surface area contributed by atoms with Crippen molar-refractivity contribution in [3.05, 3.63) is 41.0 Å². The van der Waals surface area contributed by atoms with Crippen LogP contribution in [0.25, 0.3) is 0 Å². The summed E-state index contributed by atoms with van der Waals surface area (Å²) in [5.41, 5.74) is 4.99. The molecule has 0 spiro atoms. The van der Waals surface area contributed by atoms with Gasteiger partial charge in [-0.3, -0.25) is 10.2 Å². The molecule has 1 aromatic carbocycles. The summed E-state index contributed by atoms with van der Waals surface area (Å²) in [6.45, 7) is 11.5. The second kappa shape index (κ2) is 11.2. The standard InChI is InChI=1S/C23H34N6O4S.ClH/c1-5-8-20-24-16(4)21-23(30)25-22(26-29(20)21)18-15-17(9-10-19(18)33-7-3)34(31,32)28-13-11-27(6-2)12-14-28;/h9-10,15,22,26H,5-8,11-14H2,1-4H3,(H,25,30);1H. The first-order valence-corrected chi connectivity index (χ1v) is 13.4. The first-order chi connectivity index (χ1) is 16.3. The highest BCUT2D eigenvalue weighted by Crippen LogP contribution is 2.32. The van der Waals surface area contributed by atoms with Crippen LogP contribution in [0.5, 0.6) is 5.75 Å². The predicted molar refractivity (Wildman–Crippen MR) is 136 cm³/mol. The second-order valence-electron chi connectivity index (χ2n) is 8.55. The minimum atomic E-state index is -3.68. The van der Waals surface area contributed by atoms with E-state index in [1.54, 1.807) is 22.9 Å². The third-order valence-corrected chi connectivity index (χ3v) is 8.25. The Bertz CT molecular complexity index is 1160. The fourth-order valence-corrected chi connectivity index (χ4v) is 5.98. The van der Waals surface area contributed by atoms with E-state index in [0.717, 1.165) is 18.8 Å². The Kier molecular flexibility index (Phi) is 8.68. The SMILES string of the molecule is CCCc1nc(C)c2n1NC(c1cc(S(=O)(=O)N3CCN(CC)CC3)ccc1OCC)NC2=O.Cl. The summed E-state index contributed by atoms with van der Waals surface area (Å²) in [7, 11) is -3.68. The van der Waals surface area contributed by atoms with Crippen LogP contribution in [0.15, 0.2) is 23.1 Å². The maximum atomic E-state index is 13.4. The zero-order chi connectivity index (χ0) is 24.5. The number of nitrogens with one attached hydrogen (secondary N) is 2. The van der Waals surface area contributed by atoms with Gasteiger partial charge < -0.3 is 15.0 Å². The van der Waals surface area contributed by atoms with Gasteiger partial charge in [-0.1, -0.05) is 13.8 Å². The van der Waals surface area contributed by atoms with E-state index >= 15 is 0 Å². The zero-order valence-corrected chi connectivity index (χ0v) is 22.3. The number of nitrogens with zero attached hydrogens (tertiary/aromatic N) is 4. The highest BCUT2D eigenvalue weighted by Gasteiger charge is 2.33. The molecule has 0 radical (unpaired) electrons. The molecule has 12 heteroatoms. The Morgan fingerprint density at radius 2 is 1.86 bits per heavy atom. The third kappa shape index (κ3) is 5.28. The van der Waals surface area contributed by atoms with Crippen LogP contribution in [0.3, 0.4) is 0 Å². The molecule has 1 unspecified atom stereocenters. The van der Waals surface area contributed by atoms with Crippen LogP contribution < -0.4 is 15.5 Å². The average Bonchev–Trinajstić information content (AvgIpc) is 3.15. The van der Waals surface area contributed by atoms with Crippen molar-refractivity contribution in [2.24, 2.45) is 0 Å². The fourth-order valence-electron chi connectivity index (χ4n) is 4.53. The molecule has 194 valence electrons. The van der Waals surface area contributed by atoms with Gasteiger partial charge in [0.2, 0.25) is 10.0 Å². The number of rotatable bonds is 8. The first-order valence-electron chi connectivity index (χ1n) is 11.9. The van der Waals surface area contributed by atoms with Crippen LogP contribution in [0.2, 0.25) is 0 Å². The lowest BCUT2D eigenvalue weighted by Gasteiger charge is -2.33. The molecule has 0 bridgehead atoms. The molecule has 4 rings (SSSR count).